The Labute approximate surface area is 239 Å². The lowest BCUT2D eigenvalue weighted by Crippen LogP contribution is -2.39. The molecule has 0 radical (unpaired) electrons. The number of carbonyl (C=O) groups excluding carboxylic acids is 2. The average Bonchev–Trinajstić information content (AvgIpc) is 3.30. The molecule has 0 fully saturated rings. The van der Waals surface area contributed by atoms with Gasteiger partial charge >= 0.3 is 6.03 Å². The lowest BCUT2D eigenvalue weighted by Gasteiger charge is -2.14. The lowest BCUT2D eigenvalue weighted by atomic mass is 10.0. The van der Waals surface area contributed by atoms with Gasteiger partial charge < -0.3 is 9.88 Å². The van der Waals surface area contributed by atoms with Gasteiger partial charge in [-0.2, -0.15) is 0 Å². The number of hydrogen-bond donors (Lipinski definition) is 2. The fourth-order valence-corrected chi connectivity index (χ4v) is 6.25. The van der Waals surface area contributed by atoms with Gasteiger partial charge in [0, 0.05) is 32.0 Å². The number of imidazole rings is 1. The Morgan fingerprint density at radius 1 is 0.925 bits per heavy atom. The Bertz CT molecular complexity index is 1600. The first kappa shape index (κ1) is 29.1. The molecule has 0 spiro atoms. The summed E-state index contributed by atoms with van der Waals surface area (Å²) in [5, 5.41) is 3.31. The smallest absolute Gasteiger partial charge is 0.328 e. The Morgan fingerprint density at radius 2 is 1.60 bits per heavy atom. The second-order valence-corrected chi connectivity index (χ2v) is 11.7. The second kappa shape index (κ2) is 13.0. The van der Waals surface area contributed by atoms with Gasteiger partial charge in [-0.15, -0.1) is 11.8 Å². The topological polar surface area (TPSA) is 110 Å². The zero-order valence-electron chi connectivity index (χ0n) is 22.7. The van der Waals surface area contributed by atoms with Crippen molar-refractivity contribution in [1.29, 1.82) is 0 Å². The molecular weight excluding hydrogens is 544 g/mol. The molecule has 208 valence electrons. The molecule has 4 rings (SSSR count). The molecule has 4 aromatic rings. The summed E-state index contributed by atoms with van der Waals surface area (Å²) in [5.41, 5.74) is 3.57. The number of ketones is 1. The van der Waals surface area contributed by atoms with Gasteiger partial charge in [0.1, 0.15) is 16.5 Å². The average molecular weight is 577 g/mol. The summed E-state index contributed by atoms with van der Waals surface area (Å²) >= 11 is 1.46. The van der Waals surface area contributed by atoms with E-state index in [2.05, 4.69) is 17.0 Å². The normalized spacial score (nSPS) is 11.3. The number of thioether (sulfide) groups is 1. The highest BCUT2D eigenvalue weighted by atomic mass is 32.2. The summed E-state index contributed by atoms with van der Waals surface area (Å²) < 4.78 is 30.4. The quantitative estimate of drug-likeness (QED) is 0.176. The lowest BCUT2D eigenvalue weighted by molar-refractivity contribution is 0.100. The molecule has 40 heavy (non-hydrogen) atoms. The summed E-state index contributed by atoms with van der Waals surface area (Å²) in [6, 6.07) is 22.5. The highest BCUT2D eigenvalue weighted by molar-refractivity contribution is 7.98. The van der Waals surface area contributed by atoms with Crippen LogP contribution in [0.3, 0.4) is 0 Å². The van der Waals surface area contributed by atoms with Crippen LogP contribution in [0.25, 0.3) is 11.1 Å². The van der Waals surface area contributed by atoms with Crippen LogP contribution in [0.4, 0.5) is 4.79 Å². The van der Waals surface area contributed by atoms with Crippen LogP contribution in [-0.2, 0) is 29.5 Å². The number of nitrogens with one attached hydrogen (secondary N) is 2. The molecule has 0 atom stereocenters. The van der Waals surface area contributed by atoms with Gasteiger partial charge in [-0.1, -0.05) is 79.7 Å². The Hall–Kier alpha value is -3.89. The van der Waals surface area contributed by atoms with Crippen molar-refractivity contribution in [2.75, 3.05) is 6.26 Å². The van der Waals surface area contributed by atoms with Crippen LogP contribution >= 0.6 is 11.8 Å². The standard InChI is InChI=1S/C30H32N4O4S2/c1-4-10-27-32-29(39-3)28(21(2)35)34(27)20-23-15-17-24(18-16-23)25-13-8-9-14-26(25)40(37,38)33-30(36)31-19-22-11-6-5-7-12-22/h5-9,11-18H,4,10,19-20H2,1-3H3,(H2,31,33,36). The molecule has 2 N–H and O–H groups in total. The molecule has 0 bridgehead atoms. The Kier molecular flexibility index (Phi) is 9.44. The molecule has 0 saturated carbocycles. The van der Waals surface area contributed by atoms with Crippen LogP contribution in [0, 0.1) is 0 Å². The van der Waals surface area contributed by atoms with Crippen molar-refractivity contribution in [2.45, 2.75) is 49.7 Å². The number of carbonyl (C=O) groups is 2. The summed E-state index contributed by atoms with van der Waals surface area (Å²) in [6.45, 7) is 4.31. The molecule has 3 aromatic carbocycles. The third-order valence-electron chi connectivity index (χ3n) is 6.32. The number of nitrogens with zero attached hydrogens (tertiary/aromatic N) is 2. The molecule has 8 nitrogen and oxygen atoms in total. The van der Waals surface area contributed by atoms with Crippen molar-refractivity contribution >= 4 is 33.6 Å². The molecule has 2 amide bonds. The molecule has 0 aliphatic carbocycles. The van der Waals surface area contributed by atoms with Gasteiger partial charge in [0.25, 0.3) is 10.0 Å². The Balaban J connectivity index is 1.55. The van der Waals surface area contributed by atoms with E-state index in [1.807, 2.05) is 65.4 Å². The van der Waals surface area contributed by atoms with Gasteiger partial charge in [0.15, 0.2) is 5.78 Å². The fourth-order valence-electron chi connectivity index (χ4n) is 4.45. The predicted molar refractivity (Wildman–Crippen MR) is 158 cm³/mol. The number of Topliss-reactive ketones (excluding diaryl/α,β-unsaturated/α-hetero) is 1. The van der Waals surface area contributed by atoms with Crippen LogP contribution in [0.5, 0.6) is 0 Å². The van der Waals surface area contributed by atoms with Crippen LogP contribution < -0.4 is 10.0 Å². The van der Waals surface area contributed by atoms with E-state index < -0.39 is 16.1 Å². The van der Waals surface area contributed by atoms with Gasteiger partial charge in [-0.25, -0.2) is 22.9 Å². The summed E-state index contributed by atoms with van der Waals surface area (Å²) in [4.78, 5) is 29.6. The van der Waals surface area contributed by atoms with Gasteiger partial charge in [0.2, 0.25) is 0 Å². The van der Waals surface area contributed by atoms with E-state index in [0.29, 0.717) is 23.4 Å². The number of sulfonamides is 1. The maximum absolute atomic E-state index is 13.2. The number of rotatable bonds is 11. The van der Waals surface area contributed by atoms with E-state index >= 15 is 0 Å². The largest absolute Gasteiger partial charge is 0.333 e. The minimum absolute atomic E-state index is 0.000862. The molecule has 10 heteroatoms. The third-order valence-corrected chi connectivity index (χ3v) is 8.38. The number of aromatic nitrogens is 2. The zero-order valence-corrected chi connectivity index (χ0v) is 24.3. The third kappa shape index (κ3) is 6.81. The molecule has 0 aliphatic heterocycles. The molecule has 0 unspecified atom stereocenters. The molecule has 0 saturated heterocycles. The van der Waals surface area contributed by atoms with Crippen LogP contribution in [-0.4, -0.2) is 36.0 Å². The van der Waals surface area contributed by atoms with Crippen molar-refractivity contribution in [2.24, 2.45) is 0 Å². The SMILES string of the molecule is CCCc1nc(SC)c(C(C)=O)n1Cc1ccc(-c2ccccc2S(=O)(=O)NC(=O)NCc2ccccc2)cc1. The first-order valence-electron chi connectivity index (χ1n) is 12.9. The van der Waals surface area contributed by atoms with Crippen molar-refractivity contribution in [1.82, 2.24) is 19.6 Å². The fraction of sp³-hybridized carbons (Fsp3) is 0.233. The van der Waals surface area contributed by atoms with Crippen LogP contribution in [0.15, 0.2) is 88.8 Å². The molecule has 1 aromatic heterocycles. The van der Waals surface area contributed by atoms with E-state index in [-0.39, 0.29) is 17.2 Å². The number of hydrogen-bond acceptors (Lipinski definition) is 6. The molecule has 0 aliphatic rings. The van der Waals surface area contributed by atoms with Crippen LogP contribution in [0.2, 0.25) is 0 Å². The van der Waals surface area contributed by atoms with Gasteiger partial charge in [0.05, 0.1) is 4.90 Å². The number of benzene rings is 3. The molecule has 1 heterocycles. The first-order valence-corrected chi connectivity index (χ1v) is 15.6. The number of amides is 2. The van der Waals surface area contributed by atoms with Crippen molar-refractivity contribution < 1.29 is 18.0 Å². The second-order valence-electron chi connectivity index (χ2n) is 9.25. The number of aryl methyl sites for hydroxylation is 1. The van der Waals surface area contributed by atoms with Gasteiger partial charge in [-0.05, 0) is 35.4 Å². The monoisotopic (exact) mass is 576 g/mol. The summed E-state index contributed by atoms with van der Waals surface area (Å²) in [6.07, 6.45) is 3.58. The highest BCUT2D eigenvalue weighted by Gasteiger charge is 2.22. The zero-order chi connectivity index (χ0) is 28.7. The Morgan fingerprint density at radius 3 is 2.25 bits per heavy atom. The van der Waals surface area contributed by atoms with Gasteiger partial charge in [-0.3, -0.25) is 4.79 Å². The van der Waals surface area contributed by atoms with Crippen molar-refractivity contribution in [3.05, 3.63) is 102 Å². The van der Waals surface area contributed by atoms with E-state index in [1.54, 1.807) is 25.1 Å². The van der Waals surface area contributed by atoms with E-state index in [1.165, 1.54) is 17.8 Å². The van der Waals surface area contributed by atoms with Crippen molar-refractivity contribution in [3.63, 3.8) is 0 Å². The van der Waals surface area contributed by atoms with E-state index in [9.17, 15) is 18.0 Å². The van der Waals surface area contributed by atoms with Crippen molar-refractivity contribution in [3.8, 4) is 11.1 Å². The first-order chi connectivity index (χ1) is 19.2. The summed E-state index contributed by atoms with van der Waals surface area (Å²) in [7, 11) is -4.14. The maximum atomic E-state index is 13.2. The number of urea groups is 1. The predicted octanol–water partition coefficient (Wildman–Crippen LogP) is 5.66. The van der Waals surface area contributed by atoms with E-state index in [4.69, 9.17) is 4.98 Å². The highest BCUT2D eigenvalue weighted by Crippen LogP contribution is 2.29. The van der Waals surface area contributed by atoms with E-state index in [0.717, 1.165) is 34.8 Å². The summed E-state index contributed by atoms with van der Waals surface area (Å²) in [5.74, 6) is 0.837. The van der Waals surface area contributed by atoms with Crippen LogP contribution in [0.1, 0.15) is 47.7 Å². The molecular formula is C30H32N4O4S2. The minimum atomic E-state index is -4.14. The maximum Gasteiger partial charge on any atom is 0.328 e. The minimum Gasteiger partial charge on any atom is -0.333 e.